The Morgan fingerprint density at radius 2 is 2.42 bits per heavy atom. The van der Waals surface area contributed by atoms with Crippen LogP contribution < -0.4 is 5.10 Å². The summed E-state index contributed by atoms with van der Waals surface area (Å²) in [5.41, 5.74) is 0.309. The lowest BCUT2D eigenvalue weighted by molar-refractivity contribution is -0.387. The summed E-state index contributed by atoms with van der Waals surface area (Å²) in [6.07, 6.45) is 1.51. The van der Waals surface area contributed by atoms with Crippen LogP contribution in [0.25, 0.3) is 11.0 Å². The summed E-state index contributed by atoms with van der Waals surface area (Å²) in [7, 11) is 0. The van der Waals surface area contributed by atoms with Crippen LogP contribution in [0.2, 0.25) is 0 Å². The fourth-order valence-corrected chi connectivity index (χ4v) is 0.935. The Bertz CT molecular complexity index is 436. The number of nitrogens with zero attached hydrogens (tertiary/aromatic N) is 4. The Morgan fingerprint density at radius 3 is 3.17 bits per heavy atom. The largest absolute Gasteiger partial charge is 0.439 e. The van der Waals surface area contributed by atoms with Gasteiger partial charge in [0.2, 0.25) is 0 Å². The maximum absolute atomic E-state index is 10.4. The normalized spacial score (nSPS) is 10.3. The molecule has 2 heterocycles. The minimum absolute atomic E-state index is 0.238. The summed E-state index contributed by atoms with van der Waals surface area (Å²) >= 11 is 0. The maximum Gasteiger partial charge on any atom is 0.374 e. The minimum atomic E-state index is -0.572. The smallest absolute Gasteiger partial charge is 0.374 e. The van der Waals surface area contributed by atoms with Crippen molar-refractivity contribution in [1.29, 1.82) is 0 Å². The lowest BCUT2D eigenvalue weighted by atomic mass is 10.3. The molecule has 2 rings (SSSR count). The van der Waals surface area contributed by atoms with Crippen molar-refractivity contribution in [3.8, 4) is 0 Å². The Morgan fingerprint density at radius 1 is 1.58 bits per heavy atom. The predicted octanol–water partition coefficient (Wildman–Crippen LogP) is 0.495. The van der Waals surface area contributed by atoms with Crippen LogP contribution in [0.4, 0.5) is 5.82 Å². The number of fused-ring (bicyclic) bond motifs is 1. The highest BCUT2D eigenvalue weighted by Crippen LogP contribution is 2.18. The molecule has 0 aliphatic heterocycles. The number of pyridine rings is 1. The second kappa shape index (κ2) is 2.26. The Labute approximate surface area is 66.4 Å². The van der Waals surface area contributed by atoms with Crippen LogP contribution in [-0.4, -0.2) is 15.0 Å². The number of rotatable bonds is 1. The fraction of sp³-hybridized carbons (Fsp3) is 0. The van der Waals surface area contributed by atoms with E-state index in [0.29, 0.717) is 11.0 Å². The van der Waals surface area contributed by atoms with E-state index in [0.717, 1.165) is 0 Å². The molecule has 0 saturated heterocycles. The molecule has 0 unspecified atom stereocenters. The topological polar surface area (TPSA) is 83.0 Å². The van der Waals surface area contributed by atoms with Gasteiger partial charge in [0.15, 0.2) is 0 Å². The molecular weight excluding hydrogens is 160 g/mol. The monoisotopic (exact) mass is 163 g/mol. The third-order valence-corrected chi connectivity index (χ3v) is 1.44. The molecule has 0 atom stereocenters. The SMILES string of the molecule is O=[N+]([O-])c1n[n-]c2ncccc12. The number of nitro groups is 1. The van der Waals surface area contributed by atoms with Crippen LogP contribution in [0.5, 0.6) is 0 Å². The summed E-state index contributed by atoms with van der Waals surface area (Å²) in [6, 6.07) is 3.18. The Hall–Kier alpha value is -1.98. The highest BCUT2D eigenvalue weighted by Gasteiger charge is 2.10. The molecule has 0 fully saturated rings. The first kappa shape index (κ1) is 6.71. The van der Waals surface area contributed by atoms with Gasteiger partial charge in [-0.1, -0.05) is 12.3 Å². The molecule has 12 heavy (non-hydrogen) atoms. The van der Waals surface area contributed by atoms with Crippen molar-refractivity contribution in [2.45, 2.75) is 0 Å². The van der Waals surface area contributed by atoms with Gasteiger partial charge in [-0.2, -0.15) is 0 Å². The van der Waals surface area contributed by atoms with Crippen molar-refractivity contribution in [3.63, 3.8) is 0 Å². The van der Waals surface area contributed by atoms with E-state index in [-0.39, 0.29) is 5.82 Å². The molecule has 6 nitrogen and oxygen atoms in total. The number of hydrogen-bond donors (Lipinski definition) is 0. The average Bonchev–Trinajstić information content (AvgIpc) is 2.47. The average molecular weight is 163 g/mol. The summed E-state index contributed by atoms with van der Waals surface area (Å²) in [4.78, 5) is 13.6. The van der Waals surface area contributed by atoms with Gasteiger partial charge in [-0.25, -0.2) is 5.10 Å². The molecule has 0 N–H and O–H groups in total. The second-order valence-corrected chi connectivity index (χ2v) is 2.16. The van der Waals surface area contributed by atoms with E-state index in [1.807, 2.05) is 0 Å². The summed E-state index contributed by atoms with van der Waals surface area (Å²) in [5.74, 6) is -0.238. The minimum Gasteiger partial charge on any atom is -0.439 e. The zero-order valence-electron chi connectivity index (χ0n) is 5.84. The zero-order valence-corrected chi connectivity index (χ0v) is 5.84. The molecule has 0 saturated carbocycles. The van der Waals surface area contributed by atoms with Crippen molar-refractivity contribution in [2.75, 3.05) is 0 Å². The molecule has 0 bridgehead atoms. The van der Waals surface area contributed by atoms with Gasteiger partial charge in [0.05, 0.1) is 5.39 Å². The van der Waals surface area contributed by atoms with E-state index in [1.54, 1.807) is 12.1 Å². The first-order chi connectivity index (χ1) is 5.79. The van der Waals surface area contributed by atoms with Crippen molar-refractivity contribution < 1.29 is 4.92 Å². The molecule has 60 valence electrons. The van der Waals surface area contributed by atoms with Crippen molar-refractivity contribution in [2.24, 2.45) is 0 Å². The first-order valence-electron chi connectivity index (χ1n) is 3.17. The molecular formula is C6H3N4O2-. The van der Waals surface area contributed by atoms with Crippen LogP contribution in [0, 0.1) is 10.1 Å². The van der Waals surface area contributed by atoms with Crippen molar-refractivity contribution in [1.82, 2.24) is 15.2 Å². The predicted molar refractivity (Wildman–Crippen MR) is 39.5 cm³/mol. The van der Waals surface area contributed by atoms with Gasteiger partial charge in [0.25, 0.3) is 0 Å². The van der Waals surface area contributed by atoms with Crippen molar-refractivity contribution >= 4 is 16.9 Å². The third kappa shape index (κ3) is 0.815. The van der Waals surface area contributed by atoms with Crippen LogP contribution in [0.15, 0.2) is 18.3 Å². The van der Waals surface area contributed by atoms with Gasteiger partial charge in [0.1, 0.15) is 0 Å². The summed E-state index contributed by atoms with van der Waals surface area (Å²) < 4.78 is 0. The summed E-state index contributed by atoms with van der Waals surface area (Å²) in [5, 5.41) is 17.6. The standard InChI is InChI=1S/C6H3N4O2/c11-10(12)6-4-2-1-3-7-5(4)8-9-6/h1-3H/q-1. The molecule has 2 aromatic rings. The molecule has 6 heteroatoms. The molecule has 0 spiro atoms. The van der Waals surface area contributed by atoms with E-state index in [9.17, 15) is 10.1 Å². The van der Waals surface area contributed by atoms with E-state index in [2.05, 4.69) is 15.2 Å². The van der Waals surface area contributed by atoms with Crippen LogP contribution in [0.1, 0.15) is 0 Å². The van der Waals surface area contributed by atoms with E-state index in [4.69, 9.17) is 0 Å². The van der Waals surface area contributed by atoms with Gasteiger partial charge in [-0.05, 0) is 21.7 Å². The van der Waals surface area contributed by atoms with E-state index in [1.165, 1.54) is 6.20 Å². The van der Waals surface area contributed by atoms with Gasteiger partial charge >= 0.3 is 5.82 Å². The third-order valence-electron chi connectivity index (χ3n) is 1.44. The lowest BCUT2D eigenvalue weighted by Gasteiger charge is -1.92. The molecule has 0 amide bonds. The fourth-order valence-electron chi connectivity index (χ4n) is 0.935. The van der Waals surface area contributed by atoms with Crippen LogP contribution in [0.3, 0.4) is 0 Å². The van der Waals surface area contributed by atoms with Gasteiger partial charge in [-0.15, -0.1) is 0 Å². The molecule has 0 radical (unpaired) electrons. The Balaban J connectivity index is 2.79. The number of hydrogen-bond acceptors (Lipinski definition) is 4. The Kier molecular flexibility index (Phi) is 1.26. The molecule has 2 aromatic heterocycles. The first-order valence-corrected chi connectivity index (χ1v) is 3.17. The van der Waals surface area contributed by atoms with Gasteiger partial charge in [0, 0.05) is 0 Å². The molecule has 0 aliphatic carbocycles. The van der Waals surface area contributed by atoms with Gasteiger partial charge in [-0.3, -0.25) is 0 Å². The second-order valence-electron chi connectivity index (χ2n) is 2.16. The van der Waals surface area contributed by atoms with E-state index < -0.39 is 4.92 Å². The van der Waals surface area contributed by atoms with E-state index >= 15 is 0 Å². The van der Waals surface area contributed by atoms with Crippen LogP contribution in [-0.2, 0) is 0 Å². The molecule has 0 aromatic carbocycles. The quantitative estimate of drug-likeness (QED) is 0.451. The van der Waals surface area contributed by atoms with Gasteiger partial charge < -0.3 is 15.1 Å². The maximum atomic E-state index is 10.4. The summed E-state index contributed by atoms with van der Waals surface area (Å²) in [6.45, 7) is 0. The van der Waals surface area contributed by atoms with Crippen LogP contribution >= 0.6 is 0 Å². The molecule has 0 aliphatic rings. The number of aromatic nitrogens is 3. The highest BCUT2D eigenvalue weighted by atomic mass is 16.6. The highest BCUT2D eigenvalue weighted by molar-refractivity contribution is 5.82. The zero-order chi connectivity index (χ0) is 8.55. The lowest BCUT2D eigenvalue weighted by Crippen LogP contribution is -1.87. The van der Waals surface area contributed by atoms with Crippen molar-refractivity contribution in [3.05, 3.63) is 28.4 Å².